The summed E-state index contributed by atoms with van der Waals surface area (Å²) in [5, 5.41) is 10.9. The Kier molecular flexibility index (Phi) is 8.88. The predicted molar refractivity (Wildman–Crippen MR) is 85.8 cm³/mol. The quantitative estimate of drug-likeness (QED) is 0.721. The molecule has 21 heavy (non-hydrogen) atoms. The van der Waals surface area contributed by atoms with Crippen LogP contribution in [0.3, 0.4) is 0 Å². The van der Waals surface area contributed by atoms with Crippen molar-refractivity contribution in [3.8, 4) is 0 Å². The number of nitrogens with zero attached hydrogens (tertiary/aromatic N) is 1. The summed E-state index contributed by atoms with van der Waals surface area (Å²) < 4.78 is 10.4. The summed E-state index contributed by atoms with van der Waals surface area (Å²) in [7, 11) is 3.40. The maximum Gasteiger partial charge on any atom is 0.0802 e. The normalized spacial score (nSPS) is 14.4. The van der Waals surface area contributed by atoms with E-state index in [2.05, 4.69) is 11.8 Å². The number of methoxy groups -OCH3 is 2. The van der Waals surface area contributed by atoms with E-state index >= 15 is 0 Å². The molecule has 1 rings (SSSR count). The number of aliphatic hydroxyl groups excluding tert-OH is 1. The lowest BCUT2D eigenvalue weighted by Gasteiger charge is -2.29. The SMILES string of the molecule is COCCN(CCC(O)c1ccc(Cl)cc1)C(C)COC. The number of aliphatic hydroxyl groups is 1. The van der Waals surface area contributed by atoms with Gasteiger partial charge in [0.25, 0.3) is 0 Å². The number of hydrogen-bond donors (Lipinski definition) is 1. The van der Waals surface area contributed by atoms with Crippen molar-refractivity contribution in [1.29, 1.82) is 0 Å². The summed E-state index contributed by atoms with van der Waals surface area (Å²) in [6.07, 6.45) is 0.182. The lowest BCUT2D eigenvalue weighted by Crippen LogP contribution is -2.39. The Hall–Kier alpha value is -0.650. The number of hydrogen-bond acceptors (Lipinski definition) is 4. The second-order valence-electron chi connectivity index (χ2n) is 5.19. The van der Waals surface area contributed by atoms with E-state index in [0.717, 1.165) is 18.7 Å². The first kappa shape index (κ1) is 18.4. The van der Waals surface area contributed by atoms with Gasteiger partial charge in [0.05, 0.1) is 19.3 Å². The highest BCUT2D eigenvalue weighted by Crippen LogP contribution is 2.19. The van der Waals surface area contributed by atoms with E-state index in [9.17, 15) is 5.11 Å². The molecule has 0 radical (unpaired) electrons. The summed E-state index contributed by atoms with van der Waals surface area (Å²) in [5.74, 6) is 0. The first-order valence-corrected chi connectivity index (χ1v) is 7.61. The Labute approximate surface area is 132 Å². The van der Waals surface area contributed by atoms with Crippen LogP contribution in [0.2, 0.25) is 5.02 Å². The van der Waals surface area contributed by atoms with Gasteiger partial charge in [-0.15, -0.1) is 0 Å². The molecule has 1 aromatic carbocycles. The van der Waals surface area contributed by atoms with E-state index in [0.29, 0.717) is 30.7 Å². The van der Waals surface area contributed by atoms with Gasteiger partial charge in [-0.25, -0.2) is 0 Å². The third kappa shape index (κ3) is 6.76. The average molecular weight is 316 g/mol. The highest BCUT2D eigenvalue weighted by molar-refractivity contribution is 6.30. The van der Waals surface area contributed by atoms with Gasteiger partial charge in [0.1, 0.15) is 0 Å². The molecule has 120 valence electrons. The Morgan fingerprint density at radius 2 is 1.81 bits per heavy atom. The fourth-order valence-corrected chi connectivity index (χ4v) is 2.37. The zero-order valence-electron chi connectivity index (χ0n) is 13.1. The molecule has 0 aliphatic rings. The predicted octanol–water partition coefficient (Wildman–Crippen LogP) is 2.75. The van der Waals surface area contributed by atoms with Crippen LogP contribution in [0.25, 0.3) is 0 Å². The minimum Gasteiger partial charge on any atom is -0.388 e. The monoisotopic (exact) mass is 315 g/mol. The maximum atomic E-state index is 10.3. The van der Waals surface area contributed by atoms with Crippen LogP contribution in [0.5, 0.6) is 0 Å². The highest BCUT2D eigenvalue weighted by Gasteiger charge is 2.16. The molecule has 0 amide bonds. The van der Waals surface area contributed by atoms with Crippen LogP contribution in [0.15, 0.2) is 24.3 Å². The molecule has 0 bridgehead atoms. The first-order valence-electron chi connectivity index (χ1n) is 7.24. The van der Waals surface area contributed by atoms with Crippen molar-refractivity contribution in [2.45, 2.75) is 25.5 Å². The summed E-state index contributed by atoms with van der Waals surface area (Å²) in [6.45, 7) is 5.08. The van der Waals surface area contributed by atoms with Gasteiger partial charge in [-0.05, 0) is 31.0 Å². The van der Waals surface area contributed by atoms with Crippen LogP contribution < -0.4 is 0 Å². The van der Waals surface area contributed by atoms with E-state index < -0.39 is 6.10 Å². The average Bonchev–Trinajstić information content (AvgIpc) is 2.48. The molecule has 5 heteroatoms. The van der Waals surface area contributed by atoms with Crippen molar-refractivity contribution in [2.75, 3.05) is 40.5 Å². The molecule has 2 atom stereocenters. The van der Waals surface area contributed by atoms with Crippen LogP contribution in [0.4, 0.5) is 0 Å². The van der Waals surface area contributed by atoms with Crippen LogP contribution in [-0.4, -0.2) is 56.6 Å². The van der Waals surface area contributed by atoms with Gasteiger partial charge in [0.15, 0.2) is 0 Å². The molecule has 0 aliphatic carbocycles. The van der Waals surface area contributed by atoms with Crippen molar-refractivity contribution in [2.24, 2.45) is 0 Å². The summed E-state index contributed by atoms with van der Waals surface area (Å²) in [5.41, 5.74) is 0.894. The molecule has 0 aliphatic heterocycles. The first-order chi connectivity index (χ1) is 10.1. The third-order valence-corrected chi connectivity index (χ3v) is 3.81. The molecule has 0 fully saturated rings. The van der Waals surface area contributed by atoms with Gasteiger partial charge >= 0.3 is 0 Å². The number of rotatable bonds is 10. The van der Waals surface area contributed by atoms with Crippen molar-refractivity contribution in [1.82, 2.24) is 4.90 Å². The highest BCUT2D eigenvalue weighted by atomic mass is 35.5. The zero-order chi connectivity index (χ0) is 15.7. The molecule has 0 heterocycles. The topological polar surface area (TPSA) is 41.9 Å². The standard InChI is InChI=1S/C16H26ClNO3/c1-13(12-21-3)18(10-11-20-2)9-8-16(19)14-4-6-15(17)7-5-14/h4-7,13,16,19H,8-12H2,1-3H3. The molecular formula is C16H26ClNO3. The van der Waals surface area contributed by atoms with Gasteiger partial charge in [0.2, 0.25) is 0 Å². The van der Waals surface area contributed by atoms with Crippen LogP contribution >= 0.6 is 11.6 Å². The van der Waals surface area contributed by atoms with Crippen molar-refractivity contribution < 1.29 is 14.6 Å². The minimum absolute atomic E-state index is 0.294. The van der Waals surface area contributed by atoms with Crippen molar-refractivity contribution in [3.05, 3.63) is 34.9 Å². The zero-order valence-corrected chi connectivity index (χ0v) is 13.8. The van der Waals surface area contributed by atoms with Crippen LogP contribution in [0.1, 0.15) is 25.0 Å². The third-order valence-electron chi connectivity index (χ3n) is 3.56. The fraction of sp³-hybridized carbons (Fsp3) is 0.625. The molecule has 0 aromatic heterocycles. The Balaban J connectivity index is 2.52. The summed E-state index contributed by atoms with van der Waals surface area (Å²) in [4.78, 5) is 2.27. The number of ether oxygens (including phenoxy) is 2. The molecule has 1 aromatic rings. The van der Waals surface area contributed by atoms with E-state index in [1.54, 1.807) is 26.4 Å². The fourth-order valence-electron chi connectivity index (χ4n) is 2.25. The largest absolute Gasteiger partial charge is 0.388 e. The second-order valence-corrected chi connectivity index (χ2v) is 5.63. The van der Waals surface area contributed by atoms with Crippen LogP contribution in [-0.2, 0) is 9.47 Å². The smallest absolute Gasteiger partial charge is 0.0802 e. The van der Waals surface area contributed by atoms with Crippen molar-refractivity contribution in [3.63, 3.8) is 0 Å². The lowest BCUT2D eigenvalue weighted by molar-refractivity contribution is 0.0612. The molecule has 0 saturated heterocycles. The maximum absolute atomic E-state index is 10.3. The molecule has 4 nitrogen and oxygen atoms in total. The van der Waals surface area contributed by atoms with Gasteiger partial charge in [0, 0.05) is 38.4 Å². The van der Waals surface area contributed by atoms with E-state index in [4.69, 9.17) is 21.1 Å². The molecule has 1 N–H and O–H groups in total. The number of benzene rings is 1. The molecule has 0 saturated carbocycles. The van der Waals surface area contributed by atoms with E-state index in [-0.39, 0.29) is 0 Å². The van der Waals surface area contributed by atoms with Gasteiger partial charge < -0.3 is 14.6 Å². The Bertz CT molecular complexity index is 386. The van der Waals surface area contributed by atoms with Gasteiger partial charge in [-0.1, -0.05) is 23.7 Å². The number of halogens is 1. The van der Waals surface area contributed by atoms with E-state index in [1.807, 2.05) is 12.1 Å². The van der Waals surface area contributed by atoms with E-state index in [1.165, 1.54) is 0 Å². The molecular weight excluding hydrogens is 290 g/mol. The van der Waals surface area contributed by atoms with Crippen molar-refractivity contribution >= 4 is 11.6 Å². The minimum atomic E-state index is -0.484. The van der Waals surface area contributed by atoms with Crippen LogP contribution in [0, 0.1) is 0 Å². The summed E-state index contributed by atoms with van der Waals surface area (Å²) >= 11 is 5.86. The second kappa shape index (κ2) is 10.1. The van der Waals surface area contributed by atoms with Gasteiger partial charge in [-0.2, -0.15) is 0 Å². The molecule has 2 unspecified atom stereocenters. The Morgan fingerprint density at radius 3 is 2.38 bits per heavy atom. The lowest BCUT2D eigenvalue weighted by atomic mass is 10.1. The summed E-state index contributed by atoms with van der Waals surface area (Å²) in [6, 6.07) is 7.63. The van der Waals surface area contributed by atoms with Gasteiger partial charge in [-0.3, -0.25) is 4.90 Å². The molecule has 0 spiro atoms. The Morgan fingerprint density at radius 1 is 1.14 bits per heavy atom.